The summed E-state index contributed by atoms with van der Waals surface area (Å²) >= 11 is 0. The summed E-state index contributed by atoms with van der Waals surface area (Å²) < 4.78 is 2.39. The minimum Gasteiger partial charge on any atom is -0.309 e. The van der Waals surface area contributed by atoms with E-state index in [4.69, 9.17) is 0 Å². The fourth-order valence-electron chi connectivity index (χ4n) is 11.3. The van der Waals surface area contributed by atoms with Gasteiger partial charge in [0.1, 0.15) is 0 Å². The highest BCUT2D eigenvalue weighted by Gasteiger charge is 2.49. The quantitative estimate of drug-likeness (QED) is 0.121. The summed E-state index contributed by atoms with van der Waals surface area (Å²) in [5.74, 6) is 0. The molecule has 0 bridgehead atoms. The van der Waals surface area contributed by atoms with E-state index in [1.54, 1.807) is 0 Å². The Morgan fingerprint density at radius 2 is 0.918 bits per heavy atom. The highest BCUT2D eigenvalue weighted by molar-refractivity contribution is 6.21. The lowest BCUT2D eigenvalue weighted by atomic mass is 9.75. The first-order valence-electron chi connectivity index (χ1n) is 21.6. The Morgan fingerprint density at radius 1 is 0.426 bits per heavy atom. The highest BCUT2D eigenvalue weighted by atomic mass is 15.0. The zero-order chi connectivity index (χ0) is 41.0. The molecule has 9 aromatic carbocycles. The maximum absolute atomic E-state index is 2.52. The van der Waals surface area contributed by atoms with Crippen LogP contribution < -0.4 is 0 Å². The van der Waals surface area contributed by atoms with Crippen LogP contribution in [0.5, 0.6) is 0 Å². The molecule has 0 atom stereocenters. The molecule has 0 unspecified atom stereocenters. The van der Waals surface area contributed by atoms with Crippen LogP contribution >= 0.6 is 0 Å². The summed E-state index contributed by atoms with van der Waals surface area (Å²) in [5.41, 5.74) is 19.4. The van der Waals surface area contributed by atoms with Crippen LogP contribution in [0.2, 0.25) is 0 Å². The Bertz CT molecular complexity index is 3390. The molecule has 1 heterocycles. The molecule has 290 valence electrons. The normalized spacial score (nSPS) is 15.2. The summed E-state index contributed by atoms with van der Waals surface area (Å²) in [6.45, 7) is 9.68. The minimum atomic E-state index is -0.129. The zero-order valence-corrected chi connectivity index (χ0v) is 35.0. The van der Waals surface area contributed by atoms with Crippen LogP contribution in [-0.4, -0.2) is 4.57 Å². The third kappa shape index (κ3) is 5.14. The van der Waals surface area contributed by atoms with Crippen molar-refractivity contribution in [2.75, 3.05) is 0 Å². The van der Waals surface area contributed by atoms with E-state index in [1.807, 2.05) is 0 Å². The Kier molecular flexibility index (Phi) is 7.69. The van der Waals surface area contributed by atoms with Gasteiger partial charge in [0.05, 0.1) is 11.0 Å². The molecule has 1 aromatic heterocycles. The van der Waals surface area contributed by atoms with E-state index in [9.17, 15) is 0 Å². The lowest BCUT2D eigenvalue weighted by Gasteiger charge is -2.28. The topological polar surface area (TPSA) is 4.93 Å². The van der Waals surface area contributed by atoms with Crippen LogP contribution in [0.1, 0.15) is 66.6 Å². The van der Waals surface area contributed by atoms with Gasteiger partial charge in [-0.2, -0.15) is 0 Å². The van der Waals surface area contributed by atoms with Crippen molar-refractivity contribution in [1.29, 1.82) is 0 Å². The summed E-state index contributed by atoms with van der Waals surface area (Å²) in [6, 6.07) is 72.0. The maximum atomic E-state index is 2.52. The number of rotatable bonds is 5. The Labute approximate surface area is 357 Å². The average molecular weight is 780 g/mol. The van der Waals surface area contributed by atoms with E-state index in [1.165, 1.54) is 105 Å². The van der Waals surface area contributed by atoms with Crippen LogP contribution in [0.15, 0.2) is 194 Å². The molecular formula is C60H45N. The van der Waals surface area contributed by atoms with Gasteiger partial charge in [-0.25, -0.2) is 0 Å². The minimum absolute atomic E-state index is 0.0530. The van der Waals surface area contributed by atoms with Crippen LogP contribution in [0.3, 0.4) is 0 Å². The van der Waals surface area contributed by atoms with Gasteiger partial charge in [-0.15, -0.1) is 0 Å². The SMILES string of the molecule is CC1(C)C2=C(c3ccccc31)C(C)(C)c1cc(-c3c4ccccc4c(/C(=C/c4ccc(-n5c6ccccc6c6ccccc65)cc4)c4ccccc4)c4ccccc34)ccc12. The summed E-state index contributed by atoms with van der Waals surface area (Å²) in [7, 11) is 0. The molecule has 0 radical (unpaired) electrons. The lowest BCUT2D eigenvalue weighted by molar-refractivity contribution is 0.694. The molecule has 2 aliphatic carbocycles. The van der Waals surface area contributed by atoms with Crippen LogP contribution in [0.25, 0.3) is 83.0 Å². The van der Waals surface area contributed by atoms with Crippen molar-refractivity contribution in [3.05, 3.63) is 233 Å². The van der Waals surface area contributed by atoms with Gasteiger partial charge in [-0.3, -0.25) is 0 Å². The molecule has 0 N–H and O–H groups in total. The van der Waals surface area contributed by atoms with Crippen molar-refractivity contribution in [3.8, 4) is 16.8 Å². The van der Waals surface area contributed by atoms with Crippen molar-refractivity contribution in [1.82, 2.24) is 4.57 Å². The maximum Gasteiger partial charge on any atom is 0.0541 e. The average Bonchev–Trinajstić information content (AvgIpc) is 3.86. The zero-order valence-electron chi connectivity index (χ0n) is 35.0. The first-order valence-corrected chi connectivity index (χ1v) is 21.6. The van der Waals surface area contributed by atoms with Crippen molar-refractivity contribution in [2.24, 2.45) is 0 Å². The third-order valence-electron chi connectivity index (χ3n) is 13.9. The Morgan fingerprint density at radius 3 is 1.54 bits per heavy atom. The second-order valence-corrected chi connectivity index (χ2v) is 18.0. The van der Waals surface area contributed by atoms with Gasteiger partial charge < -0.3 is 4.57 Å². The fraction of sp³-hybridized carbons (Fsp3) is 0.100. The molecule has 0 saturated heterocycles. The molecule has 0 saturated carbocycles. The van der Waals surface area contributed by atoms with E-state index in [0.29, 0.717) is 0 Å². The second-order valence-electron chi connectivity index (χ2n) is 18.0. The number of para-hydroxylation sites is 2. The van der Waals surface area contributed by atoms with Gasteiger partial charge in [0.2, 0.25) is 0 Å². The molecule has 0 spiro atoms. The molecular weight excluding hydrogens is 735 g/mol. The molecule has 61 heavy (non-hydrogen) atoms. The lowest BCUT2D eigenvalue weighted by Crippen LogP contribution is -2.19. The summed E-state index contributed by atoms with van der Waals surface area (Å²) in [4.78, 5) is 0. The molecule has 10 aromatic rings. The number of hydrogen-bond donors (Lipinski definition) is 0. The second kappa shape index (κ2) is 13.1. The van der Waals surface area contributed by atoms with Gasteiger partial charge in [0.25, 0.3) is 0 Å². The molecule has 0 aliphatic heterocycles. The largest absolute Gasteiger partial charge is 0.309 e. The fourth-order valence-corrected chi connectivity index (χ4v) is 11.3. The van der Waals surface area contributed by atoms with Gasteiger partial charge >= 0.3 is 0 Å². The number of allylic oxidation sites excluding steroid dienone is 2. The monoisotopic (exact) mass is 779 g/mol. The molecule has 12 rings (SSSR count). The molecule has 1 heteroatoms. The van der Waals surface area contributed by atoms with Gasteiger partial charge in [-0.05, 0) is 125 Å². The van der Waals surface area contributed by atoms with E-state index in [0.717, 1.165) is 11.3 Å². The van der Waals surface area contributed by atoms with Crippen LogP contribution in [0.4, 0.5) is 0 Å². The van der Waals surface area contributed by atoms with Crippen molar-refractivity contribution >= 4 is 66.1 Å². The summed E-state index contributed by atoms with van der Waals surface area (Å²) in [5, 5.41) is 7.58. The van der Waals surface area contributed by atoms with Gasteiger partial charge in [-0.1, -0.05) is 191 Å². The smallest absolute Gasteiger partial charge is 0.0541 e. The Hall–Kier alpha value is -7.22. The highest BCUT2D eigenvalue weighted by Crippen LogP contribution is 2.63. The van der Waals surface area contributed by atoms with Crippen molar-refractivity contribution < 1.29 is 0 Å². The summed E-state index contributed by atoms with van der Waals surface area (Å²) in [6.07, 6.45) is 2.39. The van der Waals surface area contributed by atoms with E-state index >= 15 is 0 Å². The third-order valence-corrected chi connectivity index (χ3v) is 13.9. The number of hydrogen-bond acceptors (Lipinski definition) is 0. The first-order chi connectivity index (χ1) is 29.8. The molecule has 0 fully saturated rings. The predicted molar refractivity (Wildman–Crippen MR) is 260 cm³/mol. The first kappa shape index (κ1) is 35.7. The number of aromatic nitrogens is 1. The van der Waals surface area contributed by atoms with Crippen molar-refractivity contribution in [2.45, 2.75) is 38.5 Å². The number of nitrogens with zero attached hydrogens (tertiary/aromatic N) is 1. The Balaban J connectivity index is 1.04. The number of fused-ring (bicyclic) bond motifs is 9. The standard InChI is InChI=1S/C60H45N/c1-59(2)51-27-15-12-26-48(51)57-58(59)49-35-32-40(37-52(49)60(57,3)4)55-44-22-8-10-24-46(44)56(47-25-11-9-23-45(47)55)50(39-18-6-5-7-19-39)36-38-30-33-41(34-31-38)61-53-28-16-13-20-42(53)43-21-14-17-29-54(43)61/h5-37H,1-4H3/b50-36+. The van der Waals surface area contributed by atoms with Crippen molar-refractivity contribution in [3.63, 3.8) is 0 Å². The van der Waals surface area contributed by atoms with Crippen LogP contribution in [0, 0.1) is 0 Å². The molecule has 0 amide bonds. The van der Waals surface area contributed by atoms with Gasteiger partial charge in [0.15, 0.2) is 0 Å². The van der Waals surface area contributed by atoms with Crippen LogP contribution in [-0.2, 0) is 10.8 Å². The van der Waals surface area contributed by atoms with Gasteiger partial charge in [0, 0.05) is 27.3 Å². The molecule has 1 nitrogen and oxygen atoms in total. The van der Waals surface area contributed by atoms with E-state index in [-0.39, 0.29) is 10.8 Å². The van der Waals surface area contributed by atoms with E-state index < -0.39 is 0 Å². The molecule has 2 aliphatic rings. The van der Waals surface area contributed by atoms with E-state index in [2.05, 4.69) is 232 Å². The number of benzene rings is 9. The predicted octanol–water partition coefficient (Wildman–Crippen LogP) is 15.8.